The Kier molecular flexibility index (Phi) is 6.09. The van der Waals surface area contributed by atoms with E-state index < -0.39 is 0 Å². The molecule has 5 nitrogen and oxygen atoms in total. The number of carbonyl (C=O) groups is 1. The Hall–Kier alpha value is -2.43. The molecular weight excluding hydrogens is 336 g/mol. The van der Waals surface area contributed by atoms with Crippen LogP contribution < -0.4 is 5.32 Å². The molecule has 2 aromatic rings. The van der Waals surface area contributed by atoms with E-state index in [9.17, 15) is 4.79 Å². The van der Waals surface area contributed by atoms with Crippen molar-refractivity contribution in [2.45, 2.75) is 58.8 Å². The van der Waals surface area contributed by atoms with Crippen LogP contribution in [0.4, 0.5) is 11.6 Å². The molecule has 1 aliphatic heterocycles. The summed E-state index contributed by atoms with van der Waals surface area (Å²) in [5, 5.41) is 3.40. The number of nitrogens with zero attached hydrogens (tertiary/aromatic N) is 3. The second-order valence-corrected chi connectivity index (χ2v) is 7.89. The Labute approximate surface area is 162 Å². The van der Waals surface area contributed by atoms with E-state index in [1.165, 1.54) is 17.5 Å². The minimum atomic E-state index is 0.0340. The van der Waals surface area contributed by atoms with E-state index in [4.69, 9.17) is 0 Å². The lowest BCUT2D eigenvalue weighted by Crippen LogP contribution is -2.35. The highest BCUT2D eigenvalue weighted by Crippen LogP contribution is 2.33. The maximum Gasteiger partial charge on any atom is 0.256 e. The minimum absolute atomic E-state index is 0.0340. The predicted molar refractivity (Wildman–Crippen MR) is 110 cm³/mol. The fourth-order valence-electron chi connectivity index (χ4n) is 3.59. The molecule has 1 aromatic heterocycles. The second kappa shape index (κ2) is 8.51. The Morgan fingerprint density at radius 3 is 2.04 bits per heavy atom. The summed E-state index contributed by atoms with van der Waals surface area (Å²) in [7, 11) is 0. The lowest BCUT2D eigenvalue weighted by Gasteiger charge is -2.26. The second-order valence-electron chi connectivity index (χ2n) is 7.89. The zero-order valence-electron chi connectivity index (χ0n) is 16.8. The average molecular weight is 367 g/mol. The van der Waals surface area contributed by atoms with Gasteiger partial charge in [0, 0.05) is 31.2 Å². The molecule has 1 aliphatic rings. The molecule has 1 fully saturated rings. The van der Waals surface area contributed by atoms with Crippen molar-refractivity contribution in [2.24, 2.45) is 0 Å². The first-order valence-electron chi connectivity index (χ1n) is 9.98. The van der Waals surface area contributed by atoms with Gasteiger partial charge in [0.15, 0.2) is 0 Å². The van der Waals surface area contributed by atoms with Gasteiger partial charge in [-0.1, -0.05) is 45.9 Å². The van der Waals surface area contributed by atoms with Crippen LogP contribution in [0.1, 0.15) is 80.3 Å². The maximum absolute atomic E-state index is 12.6. The van der Waals surface area contributed by atoms with E-state index in [0.29, 0.717) is 23.3 Å². The van der Waals surface area contributed by atoms with Gasteiger partial charge in [0.2, 0.25) is 5.95 Å². The Morgan fingerprint density at radius 1 is 0.963 bits per heavy atom. The molecular formula is C22H30N4O. The smallest absolute Gasteiger partial charge is 0.256 e. The van der Waals surface area contributed by atoms with Gasteiger partial charge in [0.25, 0.3) is 5.91 Å². The topological polar surface area (TPSA) is 58.1 Å². The van der Waals surface area contributed by atoms with Crippen molar-refractivity contribution in [2.75, 3.05) is 18.4 Å². The summed E-state index contributed by atoms with van der Waals surface area (Å²) in [6, 6.07) is 6.40. The van der Waals surface area contributed by atoms with Crippen molar-refractivity contribution in [3.63, 3.8) is 0 Å². The summed E-state index contributed by atoms with van der Waals surface area (Å²) in [6.07, 6.45) is 6.64. The summed E-state index contributed by atoms with van der Waals surface area (Å²) < 4.78 is 0. The summed E-state index contributed by atoms with van der Waals surface area (Å²) in [5.41, 5.74) is 4.14. The van der Waals surface area contributed by atoms with E-state index in [2.05, 4.69) is 61.2 Å². The molecule has 0 saturated carbocycles. The van der Waals surface area contributed by atoms with Gasteiger partial charge >= 0.3 is 0 Å². The number of piperidine rings is 1. The molecule has 0 unspecified atom stereocenters. The molecule has 0 aliphatic carbocycles. The minimum Gasteiger partial charge on any atom is -0.339 e. The van der Waals surface area contributed by atoms with Crippen LogP contribution in [0.2, 0.25) is 0 Å². The third-order valence-corrected chi connectivity index (χ3v) is 5.15. The molecule has 1 saturated heterocycles. The highest BCUT2D eigenvalue weighted by Gasteiger charge is 2.19. The number of hydrogen-bond acceptors (Lipinski definition) is 4. The average Bonchev–Trinajstić information content (AvgIpc) is 2.68. The Balaban J connectivity index is 1.82. The molecule has 27 heavy (non-hydrogen) atoms. The molecule has 1 N–H and O–H groups in total. The van der Waals surface area contributed by atoms with Crippen LogP contribution in [0.3, 0.4) is 0 Å². The van der Waals surface area contributed by atoms with Crippen molar-refractivity contribution >= 4 is 17.5 Å². The molecule has 0 atom stereocenters. The zero-order chi connectivity index (χ0) is 19.4. The molecule has 0 bridgehead atoms. The SMILES string of the molecule is CC(C)c1cccc(C(C)C)c1Nc1ncc(C(=O)N2CCCCC2)cn1. The first kappa shape index (κ1) is 19.3. The molecule has 0 radical (unpaired) electrons. The molecule has 2 heterocycles. The van der Waals surface area contributed by atoms with Crippen molar-refractivity contribution in [1.82, 2.24) is 14.9 Å². The number of rotatable bonds is 5. The summed E-state index contributed by atoms with van der Waals surface area (Å²) in [5.74, 6) is 1.35. The molecule has 3 rings (SSSR count). The number of aromatic nitrogens is 2. The van der Waals surface area contributed by atoms with E-state index in [1.54, 1.807) is 12.4 Å². The standard InChI is InChI=1S/C22H30N4O/c1-15(2)18-9-8-10-19(16(3)4)20(18)25-22-23-13-17(14-24-22)21(27)26-11-6-5-7-12-26/h8-10,13-16H,5-7,11-12H2,1-4H3,(H,23,24,25). The van der Waals surface area contributed by atoms with Crippen LogP contribution in [0.25, 0.3) is 0 Å². The fraction of sp³-hybridized carbons (Fsp3) is 0.500. The van der Waals surface area contributed by atoms with E-state index in [-0.39, 0.29) is 5.91 Å². The number of amides is 1. The van der Waals surface area contributed by atoms with Gasteiger partial charge in [-0.2, -0.15) is 0 Å². The van der Waals surface area contributed by atoms with Gasteiger partial charge in [-0.05, 0) is 42.2 Å². The van der Waals surface area contributed by atoms with Crippen LogP contribution in [-0.4, -0.2) is 33.9 Å². The normalized spacial score (nSPS) is 14.7. The number of nitrogens with one attached hydrogen (secondary N) is 1. The number of likely N-dealkylation sites (tertiary alicyclic amines) is 1. The van der Waals surface area contributed by atoms with Crippen LogP contribution in [0.15, 0.2) is 30.6 Å². The lowest BCUT2D eigenvalue weighted by molar-refractivity contribution is 0.0723. The highest BCUT2D eigenvalue weighted by molar-refractivity contribution is 5.93. The Bertz CT molecular complexity index is 751. The van der Waals surface area contributed by atoms with Gasteiger partial charge in [-0.3, -0.25) is 4.79 Å². The molecule has 144 valence electrons. The monoisotopic (exact) mass is 366 g/mol. The number of para-hydroxylation sites is 1. The van der Waals surface area contributed by atoms with Crippen molar-refractivity contribution in [1.29, 1.82) is 0 Å². The van der Waals surface area contributed by atoms with Gasteiger partial charge in [0.05, 0.1) is 5.56 Å². The molecule has 1 aromatic carbocycles. The quantitative estimate of drug-likeness (QED) is 0.800. The summed E-state index contributed by atoms with van der Waals surface area (Å²) in [6.45, 7) is 10.4. The van der Waals surface area contributed by atoms with Crippen molar-refractivity contribution < 1.29 is 4.79 Å². The van der Waals surface area contributed by atoms with Gasteiger partial charge < -0.3 is 10.2 Å². The zero-order valence-corrected chi connectivity index (χ0v) is 16.8. The third kappa shape index (κ3) is 4.46. The predicted octanol–water partition coefficient (Wildman–Crippen LogP) is 5.09. The van der Waals surface area contributed by atoms with E-state index in [1.807, 2.05) is 4.90 Å². The van der Waals surface area contributed by atoms with E-state index in [0.717, 1.165) is 31.6 Å². The number of hydrogen-bond donors (Lipinski definition) is 1. The van der Waals surface area contributed by atoms with Gasteiger partial charge in [0.1, 0.15) is 0 Å². The molecule has 1 amide bonds. The first-order valence-corrected chi connectivity index (χ1v) is 9.98. The number of carbonyl (C=O) groups excluding carboxylic acids is 1. The van der Waals surface area contributed by atoms with Crippen molar-refractivity contribution in [3.05, 3.63) is 47.3 Å². The van der Waals surface area contributed by atoms with Gasteiger partial charge in [-0.25, -0.2) is 9.97 Å². The maximum atomic E-state index is 12.6. The van der Waals surface area contributed by atoms with Crippen LogP contribution in [0.5, 0.6) is 0 Å². The largest absolute Gasteiger partial charge is 0.339 e. The molecule has 5 heteroatoms. The lowest BCUT2D eigenvalue weighted by atomic mass is 9.93. The number of anilines is 2. The van der Waals surface area contributed by atoms with Crippen LogP contribution in [-0.2, 0) is 0 Å². The van der Waals surface area contributed by atoms with E-state index >= 15 is 0 Å². The third-order valence-electron chi connectivity index (χ3n) is 5.15. The van der Waals surface area contributed by atoms with Gasteiger partial charge in [-0.15, -0.1) is 0 Å². The summed E-state index contributed by atoms with van der Waals surface area (Å²) >= 11 is 0. The number of benzene rings is 1. The van der Waals surface area contributed by atoms with Crippen LogP contribution in [0, 0.1) is 0 Å². The first-order chi connectivity index (χ1) is 13.0. The van der Waals surface area contributed by atoms with Crippen molar-refractivity contribution in [3.8, 4) is 0 Å². The fourth-order valence-corrected chi connectivity index (χ4v) is 3.59. The highest BCUT2D eigenvalue weighted by atomic mass is 16.2. The van der Waals surface area contributed by atoms with Crippen LogP contribution >= 0.6 is 0 Å². The molecule has 0 spiro atoms. The Morgan fingerprint density at radius 2 is 1.52 bits per heavy atom. The summed E-state index contributed by atoms with van der Waals surface area (Å²) in [4.78, 5) is 23.3.